The van der Waals surface area contributed by atoms with E-state index in [-0.39, 0.29) is 6.29 Å². The number of hydrogen-bond acceptors (Lipinski definition) is 3. The highest BCUT2D eigenvalue weighted by molar-refractivity contribution is 5.70. The molecule has 1 unspecified atom stereocenters. The quantitative estimate of drug-likeness (QED) is 0.563. The van der Waals surface area contributed by atoms with Gasteiger partial charge in [-0.15, -0.1) is 0 Å². The maximum atomic E-state index is 10.2. The Balaban J connectivity index is 2.09. The Kier molecular flexibility index (Phi) is 3.13. The van der Waals surface area contributed by atoms with Crippen LogP contribution < -0.4 is 11.2 Å². The highest BCUT2D eigenvalue weighted by Gasteiger charge is 2.14. The minimum atomic E-state index is -0.695. The molecule has 0 aromatic carbocycles. The van der Waals surface area contributed by atoms with E-state index < -0.39 is 6.03 Å². The Morgan fingerprint density at radius 3 is 3.00 bits per heavy atom. The zero-order chi connectivity index (χ0) is 8.10. The first-order chi connectivity index (χ1) is 5.29. The van der Waals surface area contributed by atoms with E-state index in [9.17, 15) is 4.79 Å². The summed E-state index contributed by atoms with van der Waals surface area (Å²) in [7, 11) is 0. The molecular formula is C6H12N2O3. The predicted octanol–water partition coefficient (Wildman–Crippen LogP) is 0.113. The van der Waals surface area contributed by atoms with Crippen molar-refractivity contribution >= 4 is 6.03 Å². The van der Waals surface area contributed by atoms with Gasteiger partial charge in [0, 0.05) is 13.0 Å². The predicted molar refractivity (Wildman–Crippen MR) is 37.4 cm³/mol. The van der Waals surface area contributed by atoms with Gasteiger partial charge in [0.05, 0.1) is 0 Å². The third-order valence-corrected chi connectivity index (χ3v) is 1.43. The molecule has 0 aliphatic carbocycles. The lowest BCUT2D eigenvalue weighted by atomic mass is 10.2. The van der Waals surface area contributed by atoms with Crippen molar-refractivity contribution in [3.63, 3.8) is 0 Å². The number of rotatable bonds is 2. The summed E-state index contributed by atoms with van der Waals surface area (Å²) >= 11 is 0. The molecule has 0 radical (unpaired) electrons. The van der Waals surface area contributed by atoms with E-state index in [4.69, 9.17) is 15.3 Å². The lowest BCUT2D eigenvalue weighted by Crippen LogP contribution is -2.36. The Hall–Kier alpha value is -0.810. The third kappa shape index (κ3) is 3.20. The van der Waals surface area contributed by atoms with E-state index in [1.54, 1.807) is 0 Å². The third-order valence-electron chi connectivity index (χ3n) is 1.43. The number of hydroxylamine groups is 1. The van der Waals surface area contributed by atoms with E-state index in [0.29, 0.717) is 6.61 Å². The average molecular weight is 160 g/mol. The molecule has 1 aliphatic rings. The van der Waals surface area contributed by atoms with Crippen molar-refractivity contribution in [3.05, 3.63) is 0 Å². The van der Waals surface area contributed by atoms with E-state index in [1.165, 1.54) is 0 Å². The molecule has 0 saturated carbocycles. The fourth-order valence-electron chi connectivity index (χ4n) is 0.928. The number of carbonyl (C=O) groups is 1. The first-order valence-corrected chi connectivity index (χ1v) is 3.62. The fraction of sp³-hybridized carbons (Fsp3) is 0.833. The molecule has 0 bridgehead atoms. The second-order valence-electron chi connectivity index (χ2n) is 2.38. The molecule has 5 nitrogen and oxygen atoms in total. The zero-order valence-electron chi connectivity index (χ0n) is 6.21. The van der Waals surface area contributed by atoms with Crippen molar-refractivity contribution in [2.75, 3.05) is 6.61 Å². The van der Waals surface area contributed by atoms with Gasteiger partial charge in [-0.25, -0.2) is 15.1 Å². The summed E-state index contributed by atoms with van der Waals surface area (Å²) in [4.78, 5) is 15.0. The maximum absolute atomic E-state index is 10.2. The molecule has 1 heterocycles. The van der Waals surface area contributed by atoms with Gasteiger partial charge in [0.1, 0.15) is 0 Å². The molecule has 1 atom stereocenters. The molecule has 0 aromatic rings. The minimum absolute atomic E-state index is 0.323. The summed E-state index contributed by atoms with van der Waals surface area (Å²) in [5, 5.41) is 0. The lowest BCUT2D eigenvalue weighted by Gasteiger charge is -2.21. The number of hydrogen-bond donors (Lipinski definition) is 2. The largest absolute Gasteiger partial charge is 0.350 e. The van der Waals surface area contributed by atoms with E-state index in [0.717, 1.165) is 19.3 Å². The highest BCUT2D eigenvalue weighted by atomic mass is 16.8. The molecule has 1 aliphatic heterocycles. The second-order valence-corrected chi connectivity index (χ2v) is 2.38. The summed E-state index contributed by atoms with van der Waals surface area (Å²) in [6, 6.07) is -0.695. The molecule has 0 aromatic heterocycles. The summed E-state index contributed by atoms with van der Waals surface area (Å²) in [5.74, 6) is 0. The van der Waals surface area contributed by atoms with Crippen LogP contribution in [0, 0.1) is 0 Å². The van der Waals surface area contributed by atoms with Crippen molar-refractivity contribution in [3.8, 4) is 0 Å². The maximum Gasteiger partial charge on any atom is 0.336 e. The molecule has 0 spiro atoms. The SMILES string of the molecule is NC(=O)NOC1CCCCO1. The molecule has 3 N–H and O–H groups in total. The van der Waals surface area contributed by atoms with Gasteiger partial charge in [0.2, 0.25) is 0 Å². The lowest BCUT2D eigenvalue weighted by molar-refractivity contribution is -0.185. The number of carbonyl (C=O) groups excluding carboxylic acids is 1. The number of nitrogens with two attached hydrogens (primary N) is 1. The summed E-state index contributed by atoms with van der Waals surface area (Å²) < 4.78 is 5.14. The van der Waals surface area contributed by atoms with Crippen molar-refractivity contribution in [1.82, 2.24) is 5.48 Å². The standard InChI is InChI=1S/C6H12N2O3/c7-6(9)8-11-5-3-1-2-4-10-5/h5H,1-4H2,(H3,7,8,9). The zero-order valence-corrected chi connectivity index (χ0v) is 6.21. The van der Waals surface area contributed by atoms with Crippen LogP contribution in [0.15, 0.2) is 0 Å². The topological polar surface area (TPSA) is 73.6 Å². The van der Waals surface area contributed by atoms with Crippen LogP contribution in [0.25, 0.3) is 0 Å². The number of primary amides is 1. The van der Waals surface area contributed by atoms with Crippen LogP contribution in [0.4, 0.5) is 4.79 Å². The molecule has 5 heteroatoms. The first-order valence-electron chi connectivity index (χ1n) is 3.62. The van der Waals surface area contributed by atoms with Crippen LogP contribution >= 0.6 is 0 Å². The van der Waals surface area contributed by atoms with Gasteiger partial charge in [0.15, 0.2) is 6.29 Å². The minimum Gasteiger partial charge on any atom is -0.350 e. The second kappa shape index (κ2) is 4.15. The fourth-order valence-corrected chi connectivity index (χ4v) is 0.928. The van der Waals surface area contributed by atoms with Crippen molar-refractivity contribution in [2.45, 2.75) is 25.6 Å². The molecule has 1 rings (SSSR count). The monoisotopic (exact) mass is 160 g/mol. The Labute approximate surface area is 64.8 Å². The molecule has 11 heavy (non-hydrogen) atoms. The van der Waals surface area contributed by atoms with Gasteiger partial charge in [0.25, 0.3) is 0 Å². The van der Waals surface area contributed by atoms with Crippen molar-refractivity contribution < 1.29 is 14.4 Å². The number of nitrogens with one attached hydrogen (secondary N) is 1. The van der Waals surface area contributed by atoms with Crippen LogP contribution in [0.3, 0.4) is 0 Å². The highest BCUT2D eigenvalue weighted by Crippen LogP contribution is 2.12. The Bertz CT molecular complexity index is 134. The van der Waals surface area contributed by atoms with Crippen LogP contribution in [-0.2, 0) is 9.57 Å². The van der Waals surface area contributed by atoms with Gasteiger partial charge in [-0.3, -0.25) is 0 Å². The summed E-state index contributed by atoms with van der Waals surface area (Å²) in [6.45, 7) is 0.686. The number of amides is 2. The molecule has 1 saturated heterocycles. The smallest absolute Gasteiger partial charge is 0.336 e. The van der Waals surface area contributed by atoms with Gasteiger partial charge >= 0.3 is 6.03 Å². The molecule has 64 valence electrons. The number of ether oxygens (including phenoxy) is 1. The molecule has 1 fully saturated rings. The van der Waals surface area contributed by atoms with E-state index in [1.807, 2.05) is 5.48 Å². The summed E-state index contributed by atoms with van der Waals surface area (Å²) in [6.07, 6.45) is 2.60. The molecule has 2 amide bonds. The average Bonchev–Trinajstić information content (AvgIpc) is 2.03. The van der Waals surface area contributed by atoms with Crippen LogP contribution in [0.2, 0.25) is 0 Å². The number of urea groups is 1. The van der Waals surface area contributed by atoms with Gasteiger partial charge in [-0.05, 0) is 12.8 Å². The van der Waals surface area contributed by atoms with Crippen LogP contribution in [0.1, 0.15) is 19.3 Å². The van der Waals surface area contributed by atoms with Crippen molar-refractivity contribution in [1.29, 1.82) is 0 Å². The van der Waals surface area contributed by atoms with Crippen LogP contribution in [0.5, 0.6) is 0 Å². The Morgan fingerprint density at radius 2 is 2.45 bits per heavy atom. The van der Waals surface area contributed by atoms with Crippen molar-refractivity contribution in [2.24, 2.45) is 5.73 Å². The van der Waals surface area contributed by atoms with E-state index >= 15 is 0 Å². The van der Waals surface area contributed by atoms with Gasteiger partial charge in [-0.1, -0.05) is 0 Å². The molecular weight excluding hydrogens is 148 g/mol. The summed E-state index contributed by atoms with van der Waals surface area (Å²) in [5.41, 5.74) is 6.81. The Morgan fingerprint density at radius 1 is 1.64 bits per heavy atom. The van der Waals surface area contributed by atoms with E-state index in [2.05, 4.69) is 0 Å². The van der Waals surface area contributed by atoms with Crippen LogP contribution in [-0.4, -0.2) is 18.9 Å². The van der Waals surface area contributed by atoms with Gasteiger partial charge < -0.3 is 10.5 Å². The van der Waals surface area contributed by atoms with Gasteiger partial charge in [-0.2, -0.15) is 0 Å². The first kappa shape index (κ1) is 8.29. The normalized spacial score (nSPS) is 24.5.